The molecule has 0 bridgehead atoms. The number of amides is 1. The maximum absolute atomic E-state index is 13.2. The van der Waals surface area contributed by atoms with Crippen molar-refractivity contribution >= 4 is 16.8 Å². The van der Waals surface area contributed by atoms with E-state index in [1.54, 1.807) is 0 Å². The van der Waals surface area contributed by atoms with Gasteiger partial charge < -0.3 is 14.7 Å². The highest BCUT2D eigenvalue weighted by Crippen LogP contribution is 2.36. The SMILES string of the molecule is Cc1ccc(CNC(=O)[C@H]2Cc3c([nH]c4ccccc34)[C@H](c3ccc(-c4ccccc4)cc3)N2)o1. The van der Waals surface area contributed by atoms with Crippen molar-refractivity contribution in [3.63, 3.8) is 0 Å². The van der Waals surface area contributed by atoms with E-state index in [0.29, 0.717) is 13.0 Å². The maximum atomic E-state index is 13.2. The fourth-order valence-corrected chi connectivity index (χ4v) is 5.04. The average molecular weight is 462 g/mol. The van der Waals surface area contributed by atoms with Gasteiger partial charge in [0.2, 0.25) is 5.91 Å². The number of furan rings is 1. The van der Waals surface area contributed by atoms with E-state index in [-0.39, 0.29) is 18.0 Å². The molecule has 5 aromatic rings. The van der Waals surface area contributed by atoms with Crippen LogP contribution in [0.25, 0.3) is 22.0 Å². The number of para-hydroxylation sites is 1. The summed E-state index contributed by atoms with van der Waals surface area (Å²) in [6.07, 6.45) is 0.626. The van der Waals surface area contributed by atoms with Gasteiger partial charge in [0, 0.05) is 16.6 Å². The molecule has 2 aromatic heterocycles. The number of benzene rings is 3. The second-order valence-electron chi connectivity index (χ2n) is 9.14. The van der Waals surface area contributed by atoms with Crippen molar-refractivity contribution in [1.29, 1.82) is 0 Å². The van der Waals surface area contributed by atoms with Gasteiger partial charge in [0.15, 0.2) is 0 Å². The molecule has 1 aliphatic rings. The maximum Gasteiger partial charge on any atom is 0.237 e. The van der Waals surface area contributed by atoms with Crippen LogP contribution in [-0.4, -0.2) is 16.9 Å². The molecule has 2 atom stereocenters. The summed E-state index contributed by atoms with van der Waals surface area (Å²) in [4.78, 5) is 16.9. The predicted octanol–water partition coefficient (Wildman–Crippen LogP) is 5.66. The van der Waals surface area contributed by atoms with Crippen LogP contribution in [0.15, 0.2) is 95.4 Å². The second-order valence-corrected chi connectivity index (χ2v) is 9.14. The van der Waals surface area contributed by atoms with Crippen molar-refractivity contribution in [3.05, 3.63) is 119 Å². The first-order valence-corrected chi connectivity index (χ1v) is 12.0. The normalized spacial score (nSPS) is 17.3. The number of aromatic nitrogens is 1. The van der Waals surface area contributed by atoms with Crippen LogP contribution in [0.2, 0.25) is 0 Å². The van der Waals surface area contributed by atoms with Crippen LogP contribution < -0.4 is 10.6 Å². The summed E-state index contributed by atoms with van der Waals surface area (Å²) >= 11 is 0. The van der Waals surface area contributed by atoms with E-state index < -0.39 is 0 Å². The van der Waals surface area contributed by atoms with Gasteiger partial charge in [-0.15, -0.1) is 0 Å². The van der Waals surface area contributed by atoms with Gasteiger partial charge in [0.05, 0.1) is 18.6 Å². The van der Waals surface area contributed by atoms with Gasteiger partial charge in [-0.05, 0) is 53.8 Å². The van der Waals surface area contributed by atoms with Crippen molar-refractivity contribution in [2.24, 2.45) is 0 Å². The third-order valence-electron chi connectivity index (χ3n) is 6.81. The standard InChI is InChI=1S/C30H27N3O2/c1-19-11-16-23(35-19)18-31-30(34)27-17-25-24-9-5-6-10-26(24)32-29(25)28(33-27)22-14-12-21(13-15-22)20-7-3-2-4-8-20/h2-16,27-28,32-33H,17-18H2,1H3,(H,31,34)/t27-,28+/m1/s1. The Balaban J connectivity index is 1.32. The van der Waals surface area contributed by atoms with Crippen LogP contribution in [0.4, 0.5) is 0 Å². The van der Waals surface area contributed by atoms with Crippen molar-refractivity contribution in [2.75, 3.05) is 0 Å². The van der Waals surface area contributed by atoms with Crippen LogP contribution in [0.3, 0.4) is 0 Å². The topological polar surface area (TPSA) is 70.1 Å². The Morgan fingerprint density at radius 3 is 2.43 bits per heavy atom. The zero-order chi connectivity index (χ0) is 23.8. The second kappa shape index (κ2) is 8.93. The monoisotopic (exact) mass is 461 g/mol. The van der Waals surface area contributed by atoms with Gasteiger partial charge in [-0.1, -0.05) is 72.8 Å². The zero-order valence-electron chi connectivity index (χ0n) is 19.5. The van der Waals surface area contributed by atoms with E-state index in [0.717, 1.165) is 28.3 Å². The number of hydrogen-bond donors (Lipinski definition) is 3. The quantitative estimate of drug-likeness (QED) is 0.316. The fraction of sp³-hybridized carbons (Fsp3) is 0.167. The van der Waals surface area contributed by atoms with Gasteiger partial charge in [0.1, 0.15) is 11.5 Å². The lowest BCUT2D eigenvalue weighted by Gasteiger charge is -2.31. The molecule has 5 heteroatoms. The number of aryl methyl sites for hydroxylation is 1. The molecule has 0 radical (unpaired) electrons. The minimum atomic E-state index is -0.350. The summed E-state index contributed by atoms with van der Waals surface area (Å²) in [6.45, 7) is 2.28. The molecule has 174 valence electrons. The predicted molar refractivity (Wildman–Crippen MR) is 138 cm³/mol. The third-order valence-corrected chi connectivity index (χ3v) is 6.81. The van der Waals surface area contributed by atoms with Crippen LogP contribution >= 0.6 is 0 Å². The Morgan fingerprint density at radius 2 is 1.66 bits per heavy atom. The van der Waals surface area contributed by atoms with Crippen molar-refractivity contribution < 1.29 is 9.21 Å². The molecule has 3 aromatic carbocycles. The molecule has 1 amide bonds. The highest BCUT2D eigenvalue weighted by molar-refractivity contribution is 5.88. The number of rotatable bonds is 5. The highest BCUT2D eigenvalue weighted by atomic mass is 16.3. The van der Waals surface area contributed by atoms with E-state index in [1.165, 1.54) is 22.1 Å². The van der Waals surface area contributed by atoms with Crippen molar-refractivity contribution in [2.45, 2.75) is 32.0 Å². The molecule has 3 heterocycles. The molecular formula is C30H27N3O2. The molecule has 3 N–H and O–H groups in total. The average Bonchev–Trinajstić information content (AvgIpc) is 3.50. The number of carbonyl (C=O) groups excluding carboxylic acids is 1. The van der Waals surface area contributed by atoms with Gasteiger partial charge in [-0.2, -0.15) is 0 Å². The first-order chi connectivity index (χ1) is 17.2. The molecule has 0 saturated carbocycles. The lowest BCUT2D eigenvalue weighted by Crippen LogP contribution is -2.49. The van der Waals surface area contributed by atoms with E-state index >= 15 is 0 Å². The smallest absolute Gasteiger partial charge is 0.237 e. The minimum absolute atomic E-state index is 0.0270. The van der Waals surface area contributed by atoms with E-state index in [9.17, 15) is 4.79 Å². The highest BCUT2D eigenvalue weighted by Gasteiger charge is 2.33. The molecule has 6 rings (SSSR count). The molecule has 0 fully saturated rings. The summed E-state index contributed by atoms with van der Waals surface area (Å²) in [5.41, 5.74) is 6.90. The zero-order valence-corrected chi connectivity index (χ0v) is 19.5. The number of nitrogens with one attached hydrogen (secondary N) is 3. The molecule has 5 nitrogen and oxygen atoms in total. The Labute approximate surface area is 204 Å². The molecule has 0 spiro atoms. The first-order valence-electron chi connectivity index (χ1n) is 12.0. The summed E-state index contributed by atoms with van der Waals surface area (Å²) < 4.78 is 5.62. The first kappa shape index (κ1) is 21.4. The molecular weight excluding hydrogens is 434 g/mol. The summed E-state index contributed by atoms with van der Waals surface area (Å²) in [7, 11) is 0. The summed E-state index contributed by atoms with van der Waals surface area (Å²) in [5.74, 6) is 1.57. The number of aromatic amines is 1. The number of H-pyrrole nitrogens is 1. The van der Waals surface area contributed by atoms with E-state index in [2.05, 4.69) is 82.3 Å². The van der Waals surface area contributed by atoms with E-state index in [4.69, 9.17) is 4.42 Å². The Hall–Kier alpha value is -4.09. The molecule has 0 aliphatic carbocycles. The lowest BCUT2D eigenvalue weighted by molar-refractivity contribution is -0.123. The van der Waals surface area contributed by atoms with Gasteiger partial charge in [-0.3, -0.25) is 10.1 Å². The largest absolute Gasteiger partial charge is 0.465 e. The minimum Gasteiger partial charge on any atom is -0.465 e. The van der Waals surface area contributed by atoms with Crippen LogP contribution in [-0.2, 0) is 17.8 Å². The molecule has 1 aliphatic heterocycles. The van der Waals surface area contributed by atoms with Gasteiger partial charge in [-0.25, -0.2) is 0 Å². The van der Waals surface area contributed by atoms with Crippen molar-refractivity contribution in [1.82, 2.24) is 15.6 Å². The Morgan fingerprint density at radius 1 is 0.914 bits per heavy atom. The van der Waals surface area contributed by atoms with Crippen LogP contribution in [0.1, 0.15) is 34.4 Å². The molecule has 0 saturated heterocycles. The fourth-order valence-electron chi connectivity index (χ4n) is 5.04. The number of fused-ring (bicyclic) bond motifs is 3. The summed E-state index contributed by atoms with van der Waals surface area (Å²) in [5, 5.41) is 7.84. The van der Waals surface area contributed by atoms with Gasteiger partial charge >= 0.3 is 0 Å². The number of hydrogen-bond acceptors (Lipinski definition) is 3. The molecule has 35 heavy (non-hydrogen) atoms. The van der Waals surface area contributed by atoms with Crippen LogP contribution in [0.5, 0.6) is 0 Å². The third kappa shape index (κ3) is 4.15. The lowest BCUT2D eigenvalue weighted by atomic mass is 9.89. The summed E-state index contributed by atoms with van der Waals surface area (Å²) in [6, 6.07) is 30.6. The Kier molecular flexibility index (Phi) is 5.47. The van der Waals surface area contributed by atoms with E-state index in [1.807, 2.05) is 31.2 Å². The van der Waals surface area contributed by atoms with Gasteiger partial charge in [0.25, 0.3) is 0 Å². The Bertz CT molecular complexity index is 1480. The number of carbonyl (C=O) groups is 1. The van der Waals surface area contributed by atoms with Crippen molar-refractivity contribution in [3.8, 4) is 11.1 Å². The molecule has 0 unspecified atom stereocenters. The van der Waals surface area contributed by atoms with Crippen LogP contribution in [0, 0.1) is 6.92 Å².